The van der Waals surface area contributed by atoms with E-state index in [-0.39, 0.29) is 11.9 Å². The average molecular weight is 809 g/mol. The highest BCUT2D eigenvalue weighted by atomic mass is 16.5. The monoisotopic (exact) mass is 808 g/mol. The molecule has 2 unspecified atom stereocenters. The fourth-order valence-corrected chi connectivity index (χ4v) is 7.49. The topological polar surface area (TPSA) is 178 Å². The van der Waals surface area contributed by atoms with Gasteiger partial charge in [0, 0.05) is 24.2 Å². The quantitative estimate of drug-likeness (QED) is 0.0625. The molecule has 0 aliphatic carbocycles. The number of hydrogen-bond donors (Lipinski definition) is 5. The van der Waals surface area contributed by atoms with Gasteiger partial charge in [-0.2, -0.15) is 0 Å². The van der Waals surface area contributed by atoms with Gasteiger partial charge in [0.05, 0.1) is 55.8 Å². The van der Waals surface area contributed by atoms with Crippen LogP contribution in [0, 0.1) is 11.8 Å². The van der Waals surface area contributed by atoms with Crippen molar-refractivity contribution in [2.45, 2.75) is 57.1 Å². The first-order valence-electron chi connectivity index (χ1n) is 19.9. The Hall–Kier alpha value is -6.95. The van der Waals surface area contributed by atoms with Crippen LogP contribution in [-0.2, 0) is 20.8 Å². The molecular weight excluding hydrogens is 761 g/mol. The number of alkyl carbamates (subject to hydrolysis) is 2. The molecule has 0 radical (unpaired) electrons. The van der Waals surface area contributed by atoms with Gasteiger partial charge in [0.2, 0.25) is 0 Å². The van der Waals surface area contributed by atoms with Gasteiger partial charge in [-0.15, -0.1) is 0 Å². The highest BCUT2D eigenvalue weighted by Gasteiger charge is 2.37. The predicted octanol–water partition coefficient (Wildman–Crippen LogP) is 6.74. The number of aromatic amines is 2. The maximum atomic E-state index is 13.9. The summed E-state index contributed by atoms with van der Waals surface area (Å²) in [5.74, 6) is 7.65. The van der Waals surface area contributed by atoms with Crippen molar-refractivity contribution in [3.63, 3.8) is 0 Å². The van der Waals surface area contributed by atoms with Crippen LogP contribution in [-0.4, -0.2) is 86.5 Å². The summed E-state index contributed by atoms with van der Waals surface area (Å²) in [7, 11) is 2.57. The van der Waals surface area contributed by atoms with Crippen LogP contribution in [0.25, 0.3) is 22.3 Å². The lowest BCUT2D eigenvalue weighted by molar-refractivity contribution is -0.134. The molecule has 6 aromatic rings. The van der Waals surface area contributed by atoms with Crippen molar-refractivity contribution in [3.05, 3.63) is 143 Å². The van der Waals surface area contributed by atoms with Gasteiger partial charge in [-0.1, -0.05) is 91.6 Å². The molecule has 7 rings (SSSR count). The first-order chi connectivity index (χ1) is 29.2. The predicted molar refractivity (Wildman–Crippen MR) is 226 cm³/mol. The number of H-pyrrole nitrogens is 2. The number of nitrogens with zero attached hydrogens (tertiary/aromatic N) is 4. The molecule has 60 heavy (non-hydrogen) atoms. The number of methoxy groups -OCH3 is 2. The van der Waals surface area contributed by atoms with Gasteiger partial charge >= 0.3 is 12.2 Å². The average Bonchev–Trinajstić information content (AvgIpc) is 4.07. The second-order valence-electron chi connectivity index (χ2n) is 14.5. The van der Waals surface area contributed by atoms with E-state index in [0.29, 0.717) is 36.8 Å². The summed E-state index contributed by atoms with van der Waals surface area (Å²) in [6, 6.07) is 30.2. The van der Waals surface area contributed by atoms with E-state index < -0.39 is 30.5 Å². The number of aliphatic hydroxyl groups is 1. The molecule has 1 aliphatic heterocycles. The number of rotatable bonds is 13. The van der Waals surface area contributed by atoms with Crippen LogP contribution in [0.4, 0.5) is 9.59 Å². The molecule has 4 atom stereocenters. The zero-order valence-corrected chi connectivity index (χ0v) is 33.7. The fourth-order valence-electron chi connectivity index (χ4n) is 7.49. The Bertz CT molecular complexity index is 2460. The molecule has 1 aliphatic rings. The Labute approximate surface area is 348 Å². The Kier molecular flexibility index (Phi) is 13.2. The number of ether oxygens (including phenoxy) is 2. The van der Waals surface area contributed by atoms with Gasteiger partial charge in [0.1, 0.15) is 23.9 Å². The molecule has 308 valence electrons. The number of aromatic nitrogens is 4. The van der Waals surface area contributed by atoms with Crippen molar-refractivity contribution in [2.75, 3.05) is 27.3 Å². The Balaban J connectivity index is 1.02. The molecule has 5 N–H and O–H groups in total. The molecule has 0 spiro atoms. The van der Waals surface area contributed by atoms with E-state index in [4.69, 9.17) is 14.5 Å². The fraction of sp³-hybridized carbons (Fsp3) is 0.283. The normalized spacial score (nSPS) is 15.2. The minimum Gasteiger partial charge on any atom is -0.453 e. The third-order valence-electron chi connectivity index (χ3n) is 10.5. The first kappa shape index (κ1) is 41.2. The van der Waals surface area contributed by atoms with Crippen LogP contribution in [0.3, 0.4) is 0 Å². The van der Waals surface area contributed by atoms with Crippen LogP contribution < -0.4 is 10.6 Å². The molecule has 1 saturated heterocycles. The molecule has 3 heterocycles. The number of aliphatic hydroxyl groups excluding tert-OH is 1. The zero-order chi connectivity index (χ0) is 42.0. The van der Waals surface area contributed by atoms with Crippen molar-refractivity contribution in [3.8, 4) is 23.1 Å². The summed E-state index contributed by atoms with van der Waals surface area (Å²) in [5, 5.41) is 17.0. The smallest absolute Gasteiger partial charge is 0.407 e. The summed E-state index contributed by atoms with van der Waals surface area (Å²) in [6.45, 7) is 3.46. The van der Waals surface area contributed by atoms with E-state index in [0.717, 1.165) is 58.2 Å². The minimum absolute atomic E-state index is 0.224. The lowest BCUT2D eigenvalue weighted by atomic mass is 10.0. The largest absolute Gasteiger partial charge is 0.453 e. The first-order valence-corrected chi connectivity index (χ1v) is 19.9. The Morgan fingerprint density at radius 3 is 2.25 bits per heavy atom. The van der Waals surface area contributed by atoms with E-state index in [1.54, 1.807) is 11.1 Å². The highest BCUT2D eigenvalue weighted by Crippen LogP contribution is 2.34. The number of likely N-dealkylation sites (tertiary alicyclic amines) is 1. The van der Waals surface area contributed by atoms with Crippen molar-refractivity contribution < 1.29 is 29.0 Å². The molecule has 14 nitrogen and oxygen atoms in total. The number of carbonyl (C=O) groups is 3. The van der Waals surface area contributed by atoms with Gasteiger partial charge in [-0.25, -0.2) is 19.6 Å². The van der Waals surface area contributed by atoms with Crippen molar-refractivity contribution >= 4 is 29.1 Å². The van der Waals surface area contributed by atoms with Crippen LogP contribution in [0.5, 0.6) is 0 Å². The van der Waals surface area contributed by atoms with Crippen molar-refractivity contribution in [1.29, 1.82) is 0 Å². The standard InChI is InChI=1S/C46H48N8O6/c1-4-25-53(43(55)40(51-45(57)59-2)33-12-7-5-8-13-33)29-39-47-28-37(48-39)32-22-19-30(20-23-32)17-18-31-21-24-35-36(27-31)50-42(49-35)38-16-11-26-54(38)44(56)41(52-46(58)60-3)34-14-9-6-10-15-34/h5-10,12-15,19-24,27-28,38,40-41,43,55H,4,11,16,25-26,29H2,1-3H3,(H,47,48)(H,49,50)(H,51,57)(H,52,58)/t38-,40?,41+,43?/m0/s1. The second-order valence-corrected chi connectivity index (χ2v) is 14.5. The number of benzene rings is 4. The third-order valence-corrected chi connectivity index (χ3v) is 10.5. The SMILES string of the molecule is CCCN(Cc1ncc(-c2ccc(C#Cc3ccc4nc([C@@H]5CCCN5C(=O)[C@H](NC(=O)OC)c5ccccc5)[nH]c4c3)cc2)[nH]1)C(O)C(NC(=O)OC)c1ccccc1. The van der Waals surface area contributed by atoms with Gasteiger partial charge in [0.15, 0.2) is 0 Å². The number of amides is 3. The molecule has 3 amide bonds. The van der Waals surface area contributed by atoms with E-state index >= 15 is 0 Å². The molecule has 14 heteroatoms. The number of hydrogen-bond acceptors (Lipinski definition) is 9. The minimum atomic E-state index is -1.04. The number of imidazole rings is 2. The third kappa shape index (κ3) is 9.66. The van der Waals surface area contributed by atoms with Crippen LogP contribution >= 0.6 is 0 Å². The van der Waals surface area contributed by atoms with E-state index in [9.17, 15) is 19.5 Å². The van der Waals surface area contributed by atoms with Gasteiger partial charge < -0.3 is 40.1 Å². The van der Waals surface area contributed by atoms with Crippen LogP contribution in [0.15, 0.2) is 109 Å². The highest BCUT2D eigenvalue weighted by molar-refractivity contribution is 5.87. The van der Waals surface area contributed by atoms with Gasteiger partial charge in [-0.3, -0.25) is 9.69 Å². The zero-order valence-electron chi connectivity index (χ0n) is 33.7. The number of fused-ring (bicyclic) bond motifs is 1. The molecule has 1 fully saturated rings. The maximum absolute atomic E-state index is 13.9. The Morgan fingerprint density at radius 2 is 1.55 bits per heavy atom. The number of nitrogens with one attached hydrogen (secondary N) is 4. The van der Waals surface area contributed by atoms with Crippen molar-refractivity contribution in [2.24, 2.45) is 0 Å². The lowest BCUT2D eigenvalue weighted by Gasteiger charge is -2.33. The second kappa shape index (κ2) is 19.2. The van der Waals surface area contributed by atoms with E-state index in [2.05, 4.69) is 37.4 Å². The summed E-state index contributed by atoms with van der Waals surface area (Å²) in [5.41, 5.74) is 6.40. The summed E-state index contributed by atoms with van der Waals surface area (Å²) >= 11 is 0. The molecule has 0 bridgehead atoms. The number of carbonyl (C=O) groups excluding carboxylic acids is 3. The lowest BCUT2D eigenvalue weighted by Crippen LogP contribution is -2.46. The molecular formula is C46H48N8O6. The summed E-state index contributed by atoms with van der Waals surface area (Å²) in [4.78, 5) is 58.3. The van der Waals surface area contributed by atoms with E-state index in [1.165, 1.54) is 14.2 Å². The van der Waals surface area contributed by atoms with Crippen LogP contribution in [0.1, 0.15) is 78.2 Å². The summed E-state index contributed by atoms with van der Waals surface area (Å²) < 4.78 is 9.67. The molecule has 4 aromatic carbocycles. The van der Waals surface area contributed by atoms with Crippen LogP contribution in [0.2, 0.25) is 0 Å². The van der Waals surface area contributed by atoms with Crippen molar-refractivity contribution in [1.82, 2.24) is 40.4 Å². The Morgan fingerprint density at radius 1 is 0.883 bits per heavy atom. The van der Waals surface area contributed by atoms with Gasteiger partial charge in [-0.05, 0) is 66.3 Å². The summed E-state index contributed by atoms with van der Waals surface area (Å²) in [6.07, 6.45) is 1.73. The molecule has 0 saturated carbocycles. The van der Waals surface area contributed by atoms with E-state index in [1.807, 2.05) is 115 Å². The molecule has 2 aromatic heterocycles. The van der Waals surface area contributed by atoms with Gasteiger partial charge in [0.25, 0.3) is 5.91 Å². The maximum Gasteiger partial charge on any atom is 0.407 e.